The van der Waals surface area contributed by atoms with E-state index in [2.05, 4.69) is 6.07 Å². The summed E-state index contributed by atoms with van der Waals surface area (Å²) >= 11 is 0. The number of nitrogens with zero attached hydrogens (tertiary/aromatic N) is 1. The Morgan fingerprint density at radius 2 is 2.06 bits per heavy atom. The van der Waals surface area contributed by atoms with Gasteiger partial charge in [0.2, 0.25) is 0 Å². The summed E-state index contributed by atoms with van der Waals surface area (Å²) in [7, 11) is 3.10. The van der Waals surface area contributed by atoms with Crippen LogP contribution in [-0.2, 0) is 0 Å². The predicted octanol–water partition coefficient (Wildman–Crippen LogP) is 2.08. The summed E-state index contributed by atoms with van der Waals surface area (Å²) < 4.78 is 10.3. The van der Waals surface area contributed by atoms with Gasteiger partial charge in [-0.25, -0.2) is 0 Å². The molecule has 1 aromatic rings. The van der Waals surface area contributed by atoms with Gasteiger partial charge in [-0.3, -0.25) is 0 Å². The Kier molecular flexibility index (Phi) is 4.80. The van der Waals surface area contributed by atoms with Crippen molar-refractivity contribution in [2.75, 3.05) is 14.2 Å². The number of hydrogen-bond acceptors (Lipinski definition) is 4. The smallest absolute Gasteiger partial charge is 0.127 e. The third-order valence-electron chi connectivity index (χ3n) is 2.72. The van der Waals surface area contributed by atoms with Crippen molar-refractivity contribution < 1.29 is 14.6 Å². The van der Waals surface area contributed by atoms with E-state index >= 15 is 0 Å². The highest BCUT2D eigenvalue weighted by molar-refractivity contribution is 5.45. The Morgan fingerprint density at radius 1 is 1.35 bits per heavy atom. The molecule has 2 atom stereocenters. The van der Waals surface area contributed by atoms with Gasteiger partial charge < -0.3 is 14.6 Å². The molecule has 92 valence electrons. The molecule has 0 aliphatic rings. The molecule has 0 amide bonds. The molecule has 0 bridgehead atoms. The van der Waals surface area contributed by atoms with E-state index in [-0.39, 0.29) is 0 Å². The number of nitriles is 1. The minimum absolute atomic E-state index is 0.521. The SMILES string of the molecule is CCC(O)C(C#N)c1ccc(OC)cc1OC. The van der Waals surface area contributed by atoms with Crippen LogP contribution in [0.1, 0.15) is 24.8 Å². The minimum Gasteiger partial charge on any atom is -0.497 e. The Balaban J connectivity index is 3.16. The van der Waals surface area contributed by atoms with Crippen molar-refractivity contribution >= 4 is 0 Å². The van der Waals surface area contributed by atoms with E-state index in [1.165, 1.54) is 7.11 Å². The largest absolute Gasteiger partial charge is 0.497 e. The molecule has 0 aromatic heterocycles. The van der Waals surface area contributed by atoms with Crippen LogP contribution in [0.15, 0.2) is 18.2 Å². The maximum Gasteiger partial charge on any atom is 0.127 e. The molecular formula is C13H17NO3. The van der Waals surface area contributed by atoms with Crippen LogP contribution in [0.25, 0.3) is 0 Å². The van der Waals surface area contributed by atoms with E-state index in [0.29, 0.717) is 23.5 Å². The van der Waals surface area contributed by atoms with Crippen molar-refractivity contribution in [3.05, 3.63) is 23.8 Å². The van der Waals surface area contributed by atoms with Gasteiger partial charge >= 0.3 is 0 Å². The van der Waals surface area contributed by atoms with Crippen molar-refractivity contribution in [3.63, 3.8) is 0 Å². The molecule has 0 radical (unpaired) electrons. The Labute approximate surface area is 101 Å². The van der Waals surface area contributed by atoms with Gasteiger partial charge in [0.05, 0.1) is 26.4 Å². The van der Waals surface area contributed by atoms with Crippen LogP contribution in [0.3, 0.4) is 0 Å². The zero-order valence-electron chi connectivity index (χ0n) is 10.3. The van der Waals surface area contributed by atoms with Crippen LogP contribution in [0, 0.1) is 11.3 Å². The Morgan fingerprint density at radius 3 is 2.53 bits per heavy atom. The topological polar surface area (TPSA) is 62.5 Å². The van der Waals surface area contributed by atoms with Gasteiger partial charge in [-0.2, -0.15) is 5.26 Å². The first kappa shape index (κ1) is 13.3. The average Bonchev–Trinajstić information content (AvgIpc) is 2.39. The molecule has 2 unspecified atom stereocenters. The lowest BCUT2D eigenvalue weighted by Gasteiger charge is -2.18. The van der Waals surface area contributed by atoms with Gasteiger partial charge in [0.15, 0.2) is 0 Å². The number of benzene rings is 1. The third kappa shape index (κ3) is 2.89. The van der Waals surface area contributed by atoms with Gasteiger partial charge in [0.25, 0.3) is 0 Å². The molecule has 1 N–H and O–H groups in total. The summed E-state index contributed by atoms with van der Waals surface area (Å²) in [6.07, 6.45) is -0.171. The first-order valence-corrected chi connectivity index (χ1v) is 5.47. The second kappa shape index (κ2) is 6.12. The molecule has 0 spiro atoms. The zero-order chi connectivity index (χ0) is 12.8. The lowest BCUT2D eigenvalue weighted by molar-refractivity contribution is 0.156. The summed E-state index contributed by atoms with van der Waals surface area (Å²) in [5, 5.41) is 18.9. The third-order valence-corrected chi connectivity index (χ3v) is 2.72. The molecule has 1 rings (SSSR count). The molecular weight excluding hydrogens is 218 g/mol. The van der Waals surface area contributed by atoms with Crippen LogP contribution in [0.4, 0.5) is 0 Å². The number of ether oxygens (including phenoxy) is 2. The summed E-state index contributed by atoms with van der Waals surface area (Å²) in [4.78, 5) is 0. The average molecular weight is 235 g/mol. The van der Waals surface area contributed by atoms with Crippen molar-refractivity contribution in [3.8, 4) is 17.6 Å². The van der Waals surface area contributed by atoms with Gasteiger partial charge in [0.1, 0.15) is 17.4 Å². The van der Waals surface area contributed by atoms with E-state index in [1.54, 1.807) is 25.3 Å². The van der Waals surface area contributed by atoms with Crippen molar-refractivity contribution in [2.24, 2.45) is 0 Å². The molecule has 0 saturated carbocycles. The first-order valence-electron chi connectivity index (χ1n) is 5.47. The molecule has 0 fully saturated rings. The fourth-order valence-corrected chi connectivity index (χ4v) is 1.67. The van der Waals surface area contributed by atoms with Gasteiger partial charge in [-0.05, 0) is 12.5 Å². The predicted molar refractivity (Wildman–Crippen MR) is 64.2 cm³/mol. The van der Waals surface area contributed by atoms with Crippen molar-refractivity contribution in [2.45, 2.75) is 25.4 Å². The summed E-state index contributed by atoms with van der Waals surface area (Å²) in [5.41, 5.74) is 0.685. The van der Waals surface area contributed by atoms with E-state index in [9.17, 15) is 5.11 Å². The van der Waals surface area contributed by atoms with E-state index in [1.807, 2.05) is 6.92 Å². The highest BCUT2D eigenvalue weighted by Gasteiger charge is 2.23. The first-order chi connectivity index (χ1) is 8.17. The lowest BCUT2D eigenvalue weighted by Crippen LogP contribution is -2.16. The minimum atomic E-state index is -0.692. The van der Waals surface area contributed by atoms with E-state index < -0.39 is 12.0 Å². The molecule has 0 aliphatic heterocycles. The maximum absolute atomic E-state index is 9.81. The van der Waals surface area contributed by atoms with E-state index in [4.69, 9.17) is 14.7 Å². The number of methoxy groups -OCH3 is 2. The number of aliphatic hydroxyl groups excluding tert-OH is 1. The number of hydrogen-bond donors (Lipinski definition) is 1. The monoisotopic (exact) mass is 235 g/mol. The fraction of sp³-hybridized carbons (Fsp3) is 0.462. The molecule has 4 nitrogen and oxygen atoms in total. The highest BCUT2D eigenvalue weighted by Crippen LogP contribution is 2.32. The molecule has 1 aromatic carbocycles. The summed E-state index contributed by atoms with van der Waals surface area (Å²) in [6.45, 7) is 1.84. The van der Waals surface area contributed by atoms with Crippen LogP contribution < -0.4 is 9.47 Å². The Bertz CT molecular complexity index is 412. The molecule has 0 heterocycles. The standard InChI is InChI=1S/C13H17NO3/c1-4-12(15)11(8-14)10-6-5-9(16-2)7-13(10)17-3/h5-7,11-12,15H,4H2,1-3H3. The number of rotatable bonds is 5. The molecule has 0 saturated heterocycles. The normalized spacial score (nSPS) is 13.6. The van der Waals surface area contributed by atoms with Gasteiger partial charge in [-0.1, -0.05) is 13.0 Å². The summed E-state index contributed by atoms with van der Waals surface area (Å²) in [5.74, 6) is 0.637. The molecule has 17 heavy (non-hydrogen) atoms. The molecule has 4 heteroatoms. The second-order valence-corrected chi connectivity index (χ2v) is 3.69. The second-order valence-electron chi connectivity index (χ2n) is 3.69. The van der Waals surface area contributed by atoms with Gasteiger partial charge in [-0.15, -0.1) is 0 Å². The molecule has 0 aliphatic carbocycles. The van der Waals surface area contributed by atoms with Crippen molar-refractivity contribution in [1.82, 2.24) is 0 Å². The number of aliphatic hydroxyl groups is 1. The summed E-state index contributed by atoms with van der Waals surface area (Å²) in [6, 6.07) is 7.33. The van der Waals surface area contributed by atoms with Crippen LogP contribution in [0.5, 0.6) is 11.5 Å². The fourth-order valence-electron chi connectivity index (χ4n) is 1.67. The van der Waals surface area contributed by atoms with Crippen LogP contribution >= 0.6 is 0 Å². The Hall–Kier alpha value is -1.73. The zero-order valence-corrected chi connectivity index (χ0v) is 10.3. The quantitative estimate of drug-likeness (QED) is 0.848. The van der Waals surface area contributed by atoms with Crippen molar-refractivity contribution in [1.29, 1.82) is 5.26 Å². The van der Waals surface area contributed by atoms with Crippen LogP contribution in [-0.4, -0.2) is 25.4 Å². The van der Waals surface area contributed by atoms with E-state index in [0.717, 1.165) is 0 Å². The maximum atomic E-state index is 9.81. The van der Waals surface area contributed by atoms with Crippen LogP contribution in [0.2, 0.25) is 0 Å². The lowest BCUT2D eigenvalue weighted by atomic mass is 9.92. The van der Waals surface area contributed by atoms with Gasteiger partial charge in [0, 0.05) is 11.6 Å². The highest BCUT2D eigenvalue weighted by atomic mass is 16.5.